The Balaban J connectivity index is 2.28. The van der Waals surface area contributed by atoms with E-state index in [-0.39, 0.29) is 0 Å². The van der Waals surface area contributed by atoms with Gasteiger partial charge in [-0.3, -0.25) is 4.79 Å². The van der Waals surface area contributed by atoms with Crippen molar-refractivity contribution in [3.8, 4) is 0 Å². The molecule has 1 aliphatic rings. The van der Waals surface area contributed by atoms with Crippen molar-refractivity contribution in [2.24, 2.45) is 0 Å². The minimum Gasteiger partial charge on any atom is -0.345 e. The zero-order valence-corrected chi connectivity index (χ0v) is 10.4. The second-order valence-electron chi connectivity index (χ2n) is 3.54. The molecule has 0 radical (unpaired) electrons. The average molecular weight is 274 g/mol. The van der Waals surface area contributed by atoms with Gasteiger partial charge in [0.25, 0.3) is 0 Å². The normalized spacial score (nSPS) is 16.3. The third kappa shape index (κ3) is 1.73. The van der Waals surface area contributed by atoms with E-state index >= 15 is 0 Å². The summed E-state index contributed by atoms with van der Waals surface area (Å²) in [5.74, 6) is 0. The van der Waals surface area contributed by atoms with Gasteiger partial charge < -0.3 is 4.90 Å². The number of hydrogen-bond acceptors (Lipinski definition) is 2. The summed E-state index contributed by atoms with van der Waals surface area (Å²) in [4.78, 5) is 14.0. The fourth-order valence-electron chi connectivity index (χ4n) is 1.82. The van der Waals surface area contributed by atoms with E-state index in [0.29, 0.717) is 0 Å². The average Bonchev–Trinajstić information content (AvgIpc) is 2.40. The van der Waals surface area contributed by atoms with E-state index in [0.717, 1.165) is 32.3 Å². The lowest BCUT2D eigenvalue weighted by Crippen LogP contribution is -2.24. The Morgan fingerprint density at radius 3 is 2.86 bits per heavy atom. The van der Waals surface area contributed by atoms with Crippen LogP contribution in [0.5, 0.6) is 0 Å². The molecule has 76 valence electrons. The van der Waals surface area contributed by atoms with Gasteiger partial charge in [-0.1, -0.05) is 0 Å². The molecule has 0 aromatic carbocycles. The largest absolute Gasteiger partial charge is 0.345 e. The molecule has 0 saturated carbocycles. The van der Waals surface area contributed by atoms with Gasteiger partial charge in [-0.05, 0) is 46.8 Å². The number of halogens is 1. The zero-order chi connectivity index (χ0) is 10.1. The van der Waals surface area contributed by atoms with E-state index in [4.69, 9.17) is 0 Å². The molecule has 0 aliphatic carbocycles. The molecule has 1 aromatic heterocycles. The highest BCUT2D eigenvalue weighted by Crippen LogP contribution is 2.34. The molecule has 4 heteroatoms. The molecule has 1 amide bonds. The lowest BCUT2D eigenvalue weighted by atomic mass is 10.1. The highest BCUT2D eigenvalue weighted by molar-refractivity contribution is 9.11. The third-order valence-corrected chi connectivity index (χ3v) is 4.98. The molecule has 0 spiro atoms. The molecule has 1 aromatic rings. The lowest BCUT2D eigenvalue weighted by molar-refractivity contribution is -0.118. The van der Waals surface area contributed by atoms with Gasteiger partial charge in [-0.25, -0.2) is 0 Å². The van der Waals surface area contributed by atoms with Crippen LogP contribution in [0.3, 0.4) is 0 Å². The van der Waals surface area contributed by atoms with Gasteiger partial charge in [0.2, 0.25) is 6.41 Å². The van der Waals surface area contributed by atoms with Crippen molar-refractivity contribution in [1.29, 1.82) is 0 Å². The fourth-order valence-corrected chi connectivity index (χ4v) is 3.71. The third-order valence-electron chi connectivity index (χ3n) is 2.72. The van der Waals surface area contributed by atoms with Crippen LogP contribution < -0.4 is 0 Å². The van der Waals surface area contributed by atoms with Crippen molar-refractivity contribution in [2.75, 3.05) is 13.1 Å². The van der Waals surface area contributed by atoms with Gasteiger partial charge in [0.15, 0.2) is 0 Å². The molecule has 2 heterocycles. The van der Waals surface area contributed by atoms with Crippen LogP contribution in [0.4, 0.5) is 0 Å². The summed E-state index contributed by atoms with van der Waals surface area (Å²) in [5, 5.41) is 0. The SMILES string of the molecule is Cc1c(Br)sc2c1CCN(C=O)CC2. The monoisotopic (exact) mass is 273 g/mol. The minimum absolute atomic E-state index is 0.862. The number of rotatable bonds is 1. The first-order valence-corrected chi connectivity index (χ1v) is 6.29. The number of fused-ring (bicyclic) bond motifs is 1. The van der Waals surface area contributed by atoms with Crippen LogP contribution in [0.25, 0.3) is 0 Å². The van der Waals surface area contributed by atoms with Crippen LogP contribution in [0, 0.1) is 6.92 Å². The molecular formula is C10H12BrNOS. The van der Waals surface area contributed by atoms with Crippen molar-refractivity contribution in [1.82, 2.24) is 4.90 Å². The maximum atomic E-state index is 10.7. The Kier molecular flexibility index (Phi) is 2.93. The highest BCUT2D eigenvalue weighted by Gasteiger charge is 2.18. The summed E-state index contributed by atoms with van der Waals surface area (Å²) in [6.45, 7) is 3.87. The first kappa shape index (κ1) is 10.2. The summed E-state index contributed by atoms with van der Waals surface area (Å²) < 4.78 is 1.25. The Bertz CT molecular complexity index is 361. The van der Waals surface area contributed by atoms with E-state index in [1.54, 1.807) is 0 Å². The Morgan fingerprint density at radius 1 is 1.43 bits per heavy atom. The standard InChI is InChI=1S/C10H12BrNOS/c1-7-8-2-4-12(6-13)5-3-9(8)14-10(7)11/h6H,2-5H2,1H3. The Hall–Kier alpha value is -0.350. The predicted molar refractivity (Wildman–Crippen MR) is 61.8 cm³/mol. The van der Waals surface area contributed by atoms with E-state index in [1.807, 2.05) is 16.2 Å². The molecule has 0 atom stereocenters. The number of thiophene rings is 1. The summed E-state index contributed by atoms with van der Waals surface area (Å²) in [6.07, 6.45) is 2.97. The van der Waals surface area contributed by atoms with Crippen LogP contribution in [0.1, 0.15) is 16.0 Å². The molecular weight excluding hydrogens is 262 g/mol. The topological polar surface area (TPSA) is 20.3 Å². The maximum absolute atomic E-state index is 10.7. The molecule has 0 unspecified atom stereocenters. The van der Waals surface area contributed by atoms with Crippen LogP contribution in [-0.4, -0.2) is 24.4 Å². The van der Waals surface area contributed by atoms with E-state index < -0.39 is 0 Å². The molecule has 14 heavy (non-hydrogen) atoms. The molecule has 0 N–H and O–H groups in total. The fraction of sp³-hybridized carbons (Fsp3) is 0.500. The number of amides is 1. The zero-order valence-electron chi connectivity index (χ0n) is 8.05. The van der Waals surface area contributed by atoms with Crippen LogP contribution in [-0.2, 0) is 17.6 Å². The number of hydrogen-bond donors (Lipinski definition) is 0. The summed E-state index contributed by atoms with van der Waals surface area (Å²) in [5.41, 5.74) is 2.81. The van der Waals surface area contributed by atoms with E-state index in [1.165, 1.54) is 19.8 Å². The van der Waals surface area contributed by atoms with Crippen molar-refractivity contribution in [2.45, 2.75) is 19.8 Å². The summed E-state index contributed by atoms with van der Waals surface area (Å²) >= 11 is 5.39. The van der Waals surface area contributed by atoms with Crippen molar-refractivity contribution < 1.29 is 4.79 Å². The van der Waals surface area contributed by atoms with Gasteiger partial charge in [-0.2, -0.15) is 0 Å². The second-order valence-corrected chi connectivity index (χ2v) is 5.97. The van der Waals surface area contributed by atoms with Crippen LogP contribution in [0.2, 0.25) is 0 Å². The first-order chi connectivity index (χ1) is 6.72. The molecule has 0 bridgehead atoms. The van der Waals surface area contributed by atoms with E-state index in [2.05, 4.69) is 22.9 Å². The number of carbonyl (C=O) groups excluding carboxylic acids is 1. The second kappa shape index (κ2) is 4.03. The first-order valence-electron chi connectivity index (χ1n) is 4.68. The molecule has 0 fully saturated rings. The lowest BCUT2D eigenvalue weighted by Gasteiger charge is -2.12. The van der Waals surface area contributed by atoms with Crippen LogP contribution in [0.15, 0.2) is 3.79 Å². The van der Waals surface area contributed by atoms with E-state index in [9.17, 15) is 4.79 Å². The smallest absolute Gasteiger partial charge is 0.209 e. The highest BCUT2D eigenvalue weighted by atomic mass is 79.9. The summed E-state index contributed by atoms with van der Waals surface area (Å²) in [6, 6.07) is 0. The predicted octanol–water partition coefficient (Wildman–Crippen LogP) is 2.38. The van der Waals surface area contributed by atoms with Gasteiger partial charge in [-0.15, -0.1) is 11.3 Å². The van der Waals surface area contributed by atoms with Gasteiger partial charge in [0.05, 0.1) is 3.79 Å². The molecule has 0 saturated heterocycles. The van der Waals surface area contributed by atoms with Gasteiger partial charge in [0, 0.05) is 18.0 Å². The van der Waals surface area contributed by atoms with Crippen molar-refractivity contribution in [3.05, 3.63) is 19.8 Å². The number of carbonyl (C=O) groups is 1. The number of nitrogens with zero attached hydrogens (tertiary/aromatic N) is 1. The van der Waals surface area contributed by atoms with Crippen LogP contribution >= 0.6 is 27.3 Å². The molecule has 2 rings (SSSR count). The molecule has 1 aliphatic heterocycles. The maximum Gasteiger partial charge on any atom is 0.209 e. The van der Waals surface area contributed by atoms with Gasteiger partial charge in [0.1, 0.15) is 0 Å². The molecule has 2 nitrogen and oxygen atoms in total. The van der Waals surface area contributed by atoms with Crippen molar-refractivity contribution in [3.63, 3.8) is 0 Å². The quantitative estimate of drug-likeness (QED) is 0.720. The minimum atomic E-state index is 0.862. The Morgan fingerprint density at radius 2 is 2.14 bits per heavy atom. The summed E-state index contributed by atoms with van der Waals surface area (Å²) in [7, 11) is 0. The van der Waals surface area contributed by atoms with Gasteiger partial charge >= 0.3 is 0 Å². The Labute approximate surface area is 96.0 Å². The van der Waals surface area contributed by atoms with Crippen molar-refractivity contribution >= 4 is 33.7 Å².